The van der Waals surface area contributed by atoms with Crippen molar-refractivity contribution in [1.29, 1.82) is 0 Å². The maximum atomic E-state index is 12.4. The van der Waals surface area contributed by atoms with Gasteiger partial charge in [0.05, 0.1) is 20.4 Å². The fourth-order valence-electron chi connectivity index (χ4n) is 3.14. The van der Waals surface area contributed by atoms with Gasteiger partial charge in [0, 0.05) is 30.8 Å². The van der Waals surface area contributed by atoms with E-state index in [-0.39, 0.29) is 18.4 Å². The minimum atomic E-state index is -0.0202. The van der Waals surface area contributed by atoms with Gasteiger partial charge in [0.15, 0.2) is 18.1 Å². The van der Waals surface area contributed by atoms with Crippen molar-refractivity contribution in [2.75, 3.05) is 33.9 Å². The van der Waals surface area contributed by atoms with E-state index in [1.165, 1.54) is 0 Å². The quantitative estimate of drug-likeness (QED) is 0.807. The molecule has 1 fully saturated rings. The van der Waals surface area contributed by atoms with Gasteiger partial charge in [0.25, 0.3) is 5.91 Å². The molecule has 0 N–H and O–H groups in total. The van der Waals surface area contributed by atoms with Crippen LogP contribution < -0.4 is 14.2 Å². The number of hydrogen-bond acceptors (Lipinski definition) is 5. The Hall–Kier alpha value is -2.76. The zero-order valence-corrected chi connectivity index (χ0v) is 14.5. The Morgan fingerprint density at radius 2 is 2.12 bits per heavy atom. The van der Waals surface area contributed by atoms with Crippen molar-refractivity contribution in [3.8, 4) is 17.2 Å². The molecule has 1 aromatic heterocycles. The van der Waals surface area contributed by atoms with E-state index in [4.69, 9.17) is 14.2 Å². The minimum Gasteiger partial charge on any atom is -0.493 e. The molecule has 1 aliphatic rings. The number of amides is 1. The van der Waals surface area contributed by atoms with Crippen LogP contribution in [0, 0.1) is 0 Å². The van der Waals surface area contributed by atoms with E-state index in [2.05, 4.69) is 4.98 Å². The Morgan fingerprint density at radius 1 is 1.24 bits per heavy atom. The second-order valence-corrected chi connectivity index (χ2v) is 5.89. The van der Waals surface area contributed by atoms with Gasteiger partial charge < -0.3 is 19.1 Å². The third kappa shape index (κ3) is 3.84. The van der Waals surface area contributed by atoms with Crippen LogP contribution in [-0.2, 0) is 4.79 Å². The van der Waals surface area contributed by atoms with Crippen LogP contribution in [-0.4, -0.2) is 49.7 Å². The summed E-state index contributed by atoms with van der Waals surface area (Å²) < 4.78 is 16.4. The van der Waals surface area contributed by atoms with Gasteiger partial charge in [-0.25, -0.2) is 0 Å². The molecule has 0 saturated carbocycles. The number of ether oxygens (including phenoxy) is 3. The summed E-state index contributed by atoms with van der Waals surface area (Å²) in [6.45, 7) is 1.38. The number of aromatic nitrogens is 1. The van der Waals surface area contributed by atoms with E-state index in [1.807, 2.05) is 23.1 Å². The molecule has 0 spiro atoms. The number of carbonyl (C=O) groups is 1. The van der Waals surface area contributed by atoms with E-state index < -0.39 is 0 Å². The Kier molecular flexibility index (Phi) is 5.38. The van der Waals surface area contributed by atoms with Gasteiger partial charge in [-0.3, -0.25) is 9.78 Å². The van der Waals surface area contributed by atoms with Gasteiger partial charge in [0.1, 0.15) is 5.75 Å². The molecule has 1 saturated heterocycles. The number of para-hydroxylation sites is 1. The van der Waals surface area contributed by atoms with Gasteiger partial charge >= 0.3 is 0 Å². The van der Waals surface area contributed by atoms with E-state index >= 15 is 0 Å². The van der Waals surface area contributed by atoms with Crippen molar-refractivity contribution in [2.24, 2.45) is 0 Å². The van der Waals surface area contributed by atoms with Crippen LogP contribution in [0.15, 0.2) is 42.7 Å². The van der Waals surface area contributed by atoms with Crippen molar-refractivity contribution in [3.63, 3.8) is 0 Å². The molecule has 0 radical (unpaired) electrons. The number of carbonyl (C=O) groups excluding carboxylic acids is 1. The summed E-state index contributed by atoms with van der Waals surface area (Å²) in [6.07, 6.45) is 4.16. The molecule has 1 amide bonds. The molecule has 0 unspecified atom stereocenters. The average molecular weight is 342 g/mol. The number of benzene rings is 1. The van der Waals surface area contributed by atoms with Crippen LogP contribution in [0.4, 0.5) is 0 Å². The van der Waals surface area contributed by atoms with Crippen LogP contribution in [0.3, 0.4) is 0 Å². The number of methoxy groups -OCH3 is 2. The van der Waals surface area contributed by atoms with E-state index in [0.29, 0.717) is 24.6 Å². The molecule has 0 bridgehead atoms. The van der Waals surface area contributed by atoms with Crippen molar-refractivity contribution < 1.29 is 19.0 Å². The van der Waals surface area contributed by atoms with Crippen molar-refractivity contribution in [3.05, 3.63) is 48.3 Å². The second-order valence-electron chi connectivity index (χ2n) is 5.89. The predicted molar refractivity (Wildman–Crippen MR) is 93.2 cm³/mol. The summed E-state index contributed by atoms with van der Waals surface area (Å²) in [5.41, 5.74) is 1.07. The molecule has 3 rings (SSSR count). The average Bonchev–Trinajstić information content (AvgIpc) is 3.16. The van der Waals surface area contributed by atoms with Gasteiger partial charge in [-0.2, -0.15) is 0 Å². The van der Waals surface area contributed by atoms with Crippen LogP contribution >= 0.6 is 0 Å². The molecule has 0 aliphatic carbocycles. The largest absolute Gasteiger partial charge is 0.493 e. The molecule has 1 atom stereocenters. The van der Waals surface area contributed by atoms with E-state index in [0.717, 1.165) is 17.7 Å². The first-order valence-corrected chi connectivity index (χ1v) is 8.24. The van der Waals surface area contributed by atoms with Gasteiger partial charge in [-0.05, 0) is 24.6 Å². The lowest BCUT2D eigenvalue weighted by Gasteiger charge is -2.19. The molecule has 6 heteroatoms. The Morgan fingerprint density at radius 3 is 2.84 bits per heavy atom. The molecule has 1 aliphatic heterocycles. The first-order valence-electron chi connectivity index (χ1n) is 8.24. The number of hydrogen-bond donors (Lipinski definition) is 0. The Bertz CT molecular complexity index is 721. The summed E-state index contributed by atoms with van der Waals surface area (Å²) >= 11 is 0. The van der Waals surface area contributed by atoms with Gasteiger partial charge in [-0.1, -0.05) is 12.1 Å². The van der Waals surface area contributed by atoms with Gasteiger partial charge in [-0.15, -0.1) is 0 Å². The van der Waals surface area contributed by atoms with Crippen molar-refractivity contribution in [1.82, 2.24) is 9.88 Å². The fraction of sp³-hybridized carbons (Fsp3) is 0.368. The molecule has 1 aromatic carbocycles. The lowest BCUT2D eigenvalue weighted by atomic mass is 9.97. The second kappa shape index (κ2) is 7.88. The number of rotatable bonds is 6. The highest BCUT2D eigenvalue weighted by molar-refractivity contribution is 5.78. The number of likely N-dealkylation sites (tertiary alicyclic amines) is 1. The fourth-order valence-corrected chi connectivity index (χ4v) is 3.14. The highest BCUT2D eigenvalue weighted by Crippen LogP contribution is 2.39. The third-order valence-corrected chi connectivity index (χ3v) is 4.41. The topological polar surface area (TPSA) is 60.9 Å². The van der Waals surface area contributed by atoms with Crippen LogP contribution in [0.25, 0.3) is 0 Å². The number of nitrogens with zero attached hydrogens (tertiary/aromatic N) is 2. The maximum absolute atomic E-state index is 12.4. The molecular formula is C19H22N2O4. The standard InChI is InChI=1S/C19H22N2O4/c1-23-17-7-3-6-16(19(17)24-2)14-8-10-21(12-14)18(22)13-25-15-5-4-9-20-11-15/h3-7,9,11,14H,8,10,12-13H2,1-2H3/t14-/m1/s1. The lowest BCUT2D eigenvalue weighted by molar-refractivity contribution is -0.132. The van der Waals surface area contributed by atoms with E-state index in [1.54, 1.807) is 38.7 Å². The zero-order valence-electron chi connectivity index (χ0n) is 14.5. The van der Waals surface area contributed by atoms with Gasteiger partial charge in [0.2, 0.25) is 0 Å². The lowest BCUT2D eigenvalue weighted by Crippen LogP contribution is -2.32. The summed E-state index contributed by atoms with van der Waals surface area (Å²) in [5.74, 6) is 2.27. The number of pyridine rings is 1. The highest BCUT2D eigenvalue weighted by atomic mass is 16.5. The third-order valence-electron chi connectivity index (χ3n) is 4.41. The molecule has 2 heterocycles. The van der Waals surface area contributed by atoms with Crippen LogP contribution in [0.1, 0.15) is 17.9 Å². The summed E-state index contributed by atoms with van der Waals surface area (Å²) in [5, 5.41) is 0. The maximum Gasteiger partial charge on any atom is 0.260 e. The first kappa shape index (κ1) is 17.1. The van der Waals surface area contributed by atoms with Crippen molar-refractivity contribution in [2.45, 2.75) is 12.3 Å². The Balaban J connectivity index is 1.63. The van der Waals surface area contributed by atoms with Crippen LogP contribution in [0.2, 0.25) is 0 Å². The van der Waals surface area contributed by atoms with E-state index in [9.17, 15) is 4.79 Å². The Labute approximate surface area is 147 Å². The predicted octanol–water partition coefficient (Wildman–Crippen LogP) is 2.49. The molecule has 25 heavy (non-hydrogen) atoms. The zero-order chi connectivity index (χ0) is 17.6. The van der Waals surface area contributed by atoms with Crippen LogP contribution in [0.5, 0.6) is 17.2 Å². The minimum absolute atomic E-state index is 0.0202. The first-order chi connectivity index (χ1) is 12.2. The monoisotopic (exact) mass is 342 g/mol. The van der Waals surface area contributed by atoms with Crippen molar-refractivity contribution >= 4 is 5.91 Å². The summed E-state index contributed by atoms with van der Waals surface area (Å²) in [4.78, 5) is 18.2. The summed E-state index contributed by atoms with van der Waals surface area (Å²) in [7, 11) is 3.27. The normalized spacial score (nSPS) is 16.6. The molecule has 132 valence electrons. The summed E-state index contributed by atoms with van der Waals surface area (Å²) in [6, 6.07) is 9.43. The SMILES string of the molecule is COc1cccc([C@@H]2CCN(C(=O)COc3cccnc3)C2)c1OC. The highest BCUT2D eigenvalue weighted by Gasteiger charge is 2.30. The molecule has 6 nitrogen and oxygen atoms in total. The molecule has 2 aromatic rings. The molecular weight excluding hydrogens is 320 g/mol. The smallest absolute Gasteiger partial charge is 0.260 e.